The van der Waals surface area contributed by atoms with Crippen LogP contribution in [-0.2, 0) is 4.79 Å². The van der Waals surface area contributed by atoms with E-state index in [2.05, 4.69) is 17.4 Å². The fraction of sp³-hybridized carbons (Fsp3) is 0.364. The lowest BCUT2D eigenvalue weighted by atomic mass is 9.94. The second-order valence-corrected chi connectivity index (χ2v) is 7.34. The molecule has 0 bridgehead atoms. The monoisotopic (exact) mass is 368 g/mol. The van der Waals surface area contributed by atoms with Crippen molar-refractivity contribution >= 4 is 17.5 Å². The number of hydrogen-bond acceptors (Lipinski definition) is 2. The molecule has 1 heterocycles. The van der Waals surface area contributed by atoms with Crippen molar-refractivity contribution in [1.29, 1.82) is 0 Å². The molecule has 0 radical (unpaired) electrons. The summed E-state index contributed by atoms with van der Waals surface area (Å²) in [4.78, 5) is 26.9. The molecule has 0 saturated carbocycles. The highest BCUT2D eigenvalue weighted by molar-refractivity contribution is 5.96. The van der Waals surface area contributed by atoms with Crippen LogP contribution < -0.4 is 5.32 Å². The van der Waals surface area contributed by atoms with Gasteiger partial charge in [-0.05, 0) is 62.9 Å². The Balaban J connectivity index is 1.60. The number of benzene rings is 2. The van der Waals surface area contributed by atoms with E-state index >= 15 is 0 Å². The van der Waals surface area contributed by atoms with Gasteiger partial charge in [0.2, 0.25) is 5.91 Å². The predicted octanol–water partition coefficient (Wildman–Crippen LogP) is 4.24. The molecule has 4 nitrogen and oxygen atoms in total. The number of halogens is 1. The lowest BCUT2D eigenvalue weighted by Crippen LogP contribution is -2.41. The Labute approximate surface area is 159 Å². The normalized spacial score (nSPS) is 14.9. The summed E-state index contributed by atoms with van der Waals surface area (Å²) in [6, 6.07) is 9.85. The van der Waals surface area contributed by atoms with Crippen molar-refractivity contribution in [2.45, 2.75) is 33.6 Å². The van der Waals surface area contributed by atoms with E-state index in [0.717, 1.165) is 16.8 Å². The van der Waals surface area contributed by atoms with Gasteiger partial charge >= 0.3 is 0 Å². The number of aryl methyl sites for hydroxylation is 3. The number of likely N-dealkylation sites (tertiary alicyclic amines) is 1. The van der Waals surface area contributed by atoms with Gasteiger partial charge in [0.25, 0.3) is 5.91 Å². The highest BCUT2D eigenvalue weighted by Crippen LogP contribution is 2.25. The molecule has 1 N–H and O–H groups in total. The van der Waals surface area contributed by atoms with Crippen molar-refractivity contribution in [2.24, 2.45) is 5.92 Å². The van der Waals surface area contributed by atoms with Crippen LogP contribution in [0.2, 0.25) is 0 Å². The molecular formula is C22H25FN2O2. The molecule has 5 heteroatoms. The molecule has 2 amide bonds. The van der Waals surface area contributed by atoms with Crippen molar-refractivity contribution in [2.75, 3.05) is 18.4 Å². The molecular weight excluding hydrogens is 343 g/mol. The van der Waals surface area contributed by atoms with Crippen molar-refractivity contribution in [3.63, 3.8) is 0 Å². The van der Waals surface area contributed by atoms with Gasteiger partial charge < -0.3 is 10.2 Å². The van der Waals surface area contributed by atoms with Crippen LogP contribution in [0.5, 0.6) is 0 Å². The van der Waals surface area contributed by atoms with Crippen molar-refractivity contribution in [3.8, 4) is 0 Å². The van der Waals surface area contributed by atoms with Crippen LogP contribution in [0.15, 0.2) is 36.4 Å². The number of nitrogens with zero attached hydrogens (tertiary/aromatic N) is 1. The number of carbonyl (C=O) groups is 2. The fourth-order valence-corrected chi connectivity index (χ4v) is 3.75. The average molecular weight is 368 g/mol. The summed E-state index contributed by atoms with van der Waals surface area (Å²) in [7, 11) is 0. The molecule has 0 unspecified atom stereocenters. The zero-order chi connectivity index (χ0) is 19.6. The maximum Gasteiger partial charge on any atom is 0.253 e. The maximum absolute atomic E-state index is 13.3. The number of rotatable bonds is 3. The van der Waals surface area contributed by atoms with Gasteiger partial charge in [-0.3, -0.25) is 9.59 Å². The number of piperidine rings is 1. The average Bonchev–Trinajstić information content (AvgIpc) is 2.64. The molecule has 2 aromatic carbocycles. The Morgan fingerprint density at radius 1 is 1.04 bits per heavy atom. The molecule has 142 valence electrons. The number of carbonyl (C=O) groups excluding carboxylic acids is 2. The van der Waals surface area contributed by atoms with Gasteiger partial charge in [0.1, 0.15) is 5.82 Å². The SMILES string of the molecule is Cc1cc(C)c(NC(=O)C2CCN(C(=O)c3cccc(F)c3)CC2)c(C)c1. The van der Waals surface area contributed by atoms with E-state index in [9.17, 15) is 14.0 Å². The Morgan fingerprint density at radius 2 is 1.67 bits per heavy atom. The van der Waals surface area contributed by atoms with Crippen molar-refractivity contribution in [3.05, 3.63) is 64.5 Å². The van der Waals surface area contributed by atoms with Crippen LogP contribution in [0.4, 0.5) is 10.1 Å². The number of anilines is 1. The first-order valence-corrected chi connectivity index (χ1v) is 9.28. The van der Waals surface area contributed by atoms with Crippen LogP contribution in [0.25, 0.3) is 0 Å². The number of hydrogen-bond donors (Lipinski definition) is 1. The van der Waals surface area contributed by atoms with Crippen LogP contribution >= 0.6 is 0 Å². The summed E-state index contributed by atoms with van der Waals surface area (Å²) in [5.74, 6) is -0.720. The first-order valence-electron chi connectivity index (χ1n) is 9.28. The van der Waals surface area contributed by atoms with Gasteiger partial charge in [0, 0.05) is 30.3 Å². The van der Waals surface area contributed by atoms with E-state index in [1.165, 1.54) is 23.8 Å². The summed E-state index contributed by atoms with van der Waals surface area (Å²) in [5, 5.41) is 3.07. The lowest BCUT2D eigenvalue weighted by molar-refractivity contribution is -0.121. The fourth-order valence-electron chi connectivity index (χ4n) is 3.75. The molecule has 1 aliphatic heterocycles. The van der Waals surface area contributed by atoms with Gasteiger partial charge in [-0.15, -0.1) is 0 Å². The minimum atomic E-state index is -0.418. The van der Waals surface area contributed by atoms with Crippen molar-refractivity contribution < 1.29 is 14.0 Å². The summed E-state index contributed by atoms with van der Waals surface area (Å²) in [6.45, 7) is 7.03. The number of nitrogens with one attached hydrogen (secondary N) is 1. The Morgan fingerprint density at radius 3 is 2.26 bits per heavy atom. The molecule has 0 aromatic heterocycles. The predicted molar refractivity (Wildman–Crippen MR) is 104 cm³/mol. The minimum Gasteiger partial charge on any atom is -0.339 e. The summed E-state index contributed by atoms with van der Waals surface area (Å²) in [5.41, 5.74) is 4.51. The summed E-state index contributed by atoms with van der Waals surface area (Å²) >= 11 is 0. The van der Waals surface area contributed by atoms with Crippen LogP contribution in [0, 0.1) is 32.5 Å². The summed E-state index contributed by atoms with van der Waals surface area (Å²) < 4.78 is 13.3. The Kier molecular flexibility index (Phi) is 5.59. The molecule has 27 heavy (non-hydrogen) atoms. The molecule has 1 fully saturated rings. The van der Waals surface area contributed by atoms with E-state index in [0.29, 0.717) is 31.5 Å². The van der Waals surface area contributed by atoms with Crippen LogP contribution in [0.3, 0.4) is 0 Å². The first-order chi connectivity index (χ1) is 12.8. The zero-order valence-corrected chi connectivity index (χ0v) is 16.0. The highest BCUT2D eigenvalue weighted by atomic mass is 19.1. The lowest BCUT2D eigenvalue weighted by Gasteiger charge is -2.31. The van der Waals surface area contributed by atoms with Gasteiger partial charge in [-0.2, -0.15) is 0 Å². The number of amides is 2. The quantitative estimate of drug-likeness (QED) is 0.881. The summed E-state index contributed by atoms with van der Waals surface area (Å²) in [6.07, 6.45) is 1.22. The first kappa shape index (κ1) is 19.1. The molecule has 0 spiro atoms. The molecule has 1 aliphatic rings. The van der Waals surface area contributed by atoms with E-state index in [4.69, 9.17) is 0 Å². The molecule has 0 aliphatic carbocycles. The Hall–Kier alpha value is -2.69. The van der Waals surface area contributed by atoms with E-state index in [1.807, 2.05) is 20.8 Å². The van der Waals surface area contributed by atoms with Gasteiger partial charge in [-0.1, -0.05) is 23.8 Å². The third kappa shape index (κ3) is 4.35. The highest BCUT2D eigenvalue weighted by Gasteiger charge is 2.28. The smallest absolute Gasteiger partial charge is 0.253 e. The van der Waals surface area contributed by atoms with Crippen LogP contribution in [0.1, 0.15) is 39.9 Å². The van der Waals surface area contributed by atoms with Gasteiger partial charge in [-0.25, -0.2) is 4.39 Å². The third-order valence-corrected chi connectivity index (χ3v) is 5.15. The van der Waals surface area contributed by atoms with Crippen LogP contribution in [-0.4, -0.2) is 29.8 Å². The topological polar surface area (TPSA) is 49.4 Å². The molecule has 1 saturated heterocycles. The van der Waals surface area contributed by atoms with E-state index in [-0.39, 0.29) is 17.7 Å². The maximum atomic E-state index is 13.3. The van der Waals surface area contributed by atoms with Crippen molar-refractivity contribution in [1.82, 2.24) is 4.90 Å². The van der Waals surface area contributed by atoms with Gasteiger partial charge in [0.15, 0.2) is 0 Å². The molecule has 2 aromatic rings. The largest absolute Gasteiger partial charge is 0.339 e. The molecule has 3 rings (SSSR count). The second kappa shape index (κ2) is 7.91. The second-order valence-electron chi connectivity index (χ2n) is 7.34. The van der Waals surface area contributed by atoms with Gasteiger partial charge in [0.05, 0.1) is 0 Å². The standard InChI is InChI=1S/C22H25FN2O2/c1-14-11-15(2)20(16(3)12-14)24-21(26)17-7-9-25(10-8-17)22(27)18-5-4-6-19(23)13-18/h4-6,11-13,17H,7-10H2,1-3H3,(H,24,26). The molecule has 0 atom stereocenters. The minimum absolute atomic E-state index is 0.00269. The van der Waals surface area contributed by atoms with E-state index in [1.54, 1.807) is 11.0 Å². The Bertz CT molecular complexity index is 847. The third-order valence-electron chi connectivity index (χ3n) is 5.15. The van der Waals surface area contributed by atoms with E-state index < -0.39 is 5.82 Å². The zero-order valence-electron chi connectivity index (χ0n) is 16.0.